The molecular weight excluding hydrogens is 202 g/mol. The maximum absolute atomic E-state index is 11.2. The molecule has 1 aliphatic heterocycles. The minimum absolute atomic E-state index is 0.121. The van der Waals surface area contributed by atoms with Crippen molar-refractivity contribution in [3.63, 3.8) is 0 Å². The molecule has 0 saturated carbocycles. The van der Waals surface area contributed by atoms with Crippen LogP contribution in [-0.2, 0) is 4.74 Å². The number of nitrogens with one attached hydrogen (secondary N) is 1. The summed E-state index contributed by atoms with van der Waals surface area (Å²) in [5.41, 5.74) is 0. The Morgan fingerprint density at radius 3 is 2.31 bits per heavy atom. The van der Waals surface area contributed by atoms with Crippen LogP contribution in [0.15, 0.2) is 0 Å². The maximum atomic E-state index is 11.2. The van der Waals surface area contributed by atoms with E-state index in [0.29, 0.717) is 0 Å². The van der Waals surface area contributed by atoms with E-state index in [2.05, 4.69) is 19.2 Å². The molecule has 1 heterocycles. The van der Waals surface area contributed by atoms with Gasteiger partial charge in [-0.2, -0.15) is 0 Å². The molecule has 2 atom stereocenters. The van der Waals surface area contributed by atoms with Crippen molar-refractivity contribution >= 4 is 6.09 Å². The van der Waals surface area contributed by atoms with Crippen LogP contribution in [0.5, 0.6) is 0 Å². The molecule has 94 valence electrons. The van der Waals surface area contributed by atoms with Crippen molar-refractivity contribution in [1.29, 1.82) is 0 Å². The zero-order valence-electron chi connectivity index (χ0n) is 10.6. The van der Waals surface area contributed by atoms with Crippen molar-refractivity contribution in [2.45, 2.75) is 77.4 Å². The van der Waals surface area contributed by atoms with E-state index in [4.69, 9.17) is 4.74 Å². The maximum Gasteiger partial charge on any atom is 0.407 e. The first kappa shape index (κ1) is 13.3. The highest BCUT2D eigenvalue weighted by Crippen LogP contribution is 2.20. The molecular formula is C13H25NO2. The standard InChI is InChI=1S/C13H25NO2/c1-3-5-7-9-11-12(10-8-6-4-2)16-13(15)14-11/h11-12H,3-10H2,1-2H3,(H,14,15). The van der Waals surface area contributed by atoms with Gasteiger partial charge in [0.05, 0.1) is 6.04 Å². The second-order valence-electron chi connectivity index (χ2n) is 4.69. The highest BCUT2D eigenvalue weighted by molar-refractivity contribution is 5.70. The van der Waals surface area contributed by atoms with E-state index in [0.717, 1.165) is 12.8 Å². The van der Waals surface area contributed by atoms with Gasteiger partial charge >= 0.3 is 6.09 Å². The molecule has 3 heteroatoms. The number of carbonyl (C=O) groups excluding carboxylic acids is 1. The van der Waals surface area contributed by atoms with E-state index in [9.17, 15) is 4.79 Å². The third kappa shape index (κ3) is 4.42. The molecule has 0 spiro atoms. The fraction of sp³-hybridized carbons (Fsp3) is 0.923. The molecule has 1 rings (SSSR count). The third-order valence-corrected chi connectivity index (χ3v) is 3.22. The normalized spacial score (nSPS) is 24.2. The zero-order valence-corrected chi connectivity index (χ0v) is 10.6. The number of amides is 1. The molecule has 3 nitrogen and oxygen atoms in total. The van der Waals surface area contributed by atoms with Crippen LogP contribution >= 0.6 is 0 Å². The van der Waals surface area contributed by atoms with E-state index >= 15 is 0 Å². The Bertz CT molecular complexity index is 186. The Kier molecular flexibility index (Phi) is 6.27. The molecule has 0 aromatic rings. The molecule has 1 saturated heterocycles. The van der Waals surface area contributed by atoms with Gasteiger partial charge < -0.3 is 10.1 Å². The third-order valence-electron chi connectivity index (χ3n) is 3.22. The van der Waals surface area contributed by atoms with Gasteiger partial charge in [-0.3, -0.25) is 0 Å². The zero-order chi connectivity index (χ0) is 11.8. The summed E-state index contributed by atoms with van der Waals surface area (Å²) >= 11 is 0. The molecule has 0 radical (unpaired) electrons. The van der Waals surface area contributed by atoms with Crippen LogP contribution in [0.25, 0.3) is 0 Å². The Balaban J connectivity index is 2.25. The quantitative estimate of drug-likeness (QED) is 0.643. The lowest BCUT2D eigenvalue weighted by molar-refractivity contribution is 0.122. The average molecular weight is 227 g/mol. The second kappa shape index (κ2) is 7.53. The molecule has 0 aliphatic carbocycles. The van der Waals surface area contributed by atoms with E-state index < -0.39 is 0 Å². The van der Waals surface area contributed by atoms with E-state index in [1.165, 1.54) is 38.5 Å². The average Bonchev–Trinajstić information content (AvgIpc) is 2.60. The van der Waals surface area contributed by atoms with Crippen LogP contribution in [0.2, 0.25) is 0 Å². The number of rotatable bonds is 8. The Hall–Kier alpha value is -0.730. The van der Waals surface area contributed by atoms with Crippen LogP contribution < -0.4 is 5.32 Å². The molecule has 0 aromatic heterocycles. The Morgan fingerprint density at radius 2 is 1.69 bits per heavy atom. The van der Waals surface area contributed by atoms with Crippen molar-refractivity contribution in [3.8, 4) is 0 Å². The lowest BCUT2D eigenvalue weighted by Crippen LogP contribution is -2.31. The summed E-state index contributed by atoms with van der Waals surface area (Å²) in [7, 11) is 0. The highest BCUT2D eigenvalue weighted by atomic mass is 16.6. The first-order valence-electron chi connectivity index (χ1n) is 6.75. The topological polar surface area (TPSA) is 38.3 Å². The monoisotopic (exact) mass is 227 g/mol. The highest BCUT2D eigenvalue weighted by Gasteiger charge is 2.32. The van der Waals surface area contributed by atoms with Crippen molar-refractivity contribution in [2.24, 2.45) is 0 Å². The van der Waals surface area contributed by atoms with E-state index in [1.54, 1.807) is 0 Å². The number of cyclic esters (lactones) is 1. The van der Waals surface area contributed by atoms with Crippen molar-refractivity contribution in [2.75, 3.05) is 0 Å². The number of alkyl carbamates (subject to hydrolysis) is 1. The van der Waals surface area contributed by atoms with Crippen LogP contribution in [0, 0.1) is 0 Å². The van der Waals surface area contributed by atoms with Gasteiger partial charge in [-0.15, -0.1) is 0 Å². The fourth-order valence-corrected chi connectivity index (χ4v) is 2.23. The number of hydrogen-bond donors (Lipinski definition) is 1. The summed E-state index contributed by atoms with van der Waals surface area (Å²) in [5, 5.41) is 2.93. The predicted molar refractivity (Wildman–Crippen MR) is 65.5 cm³/mol. The summed E-state index contributed by atoms with van der Waals surface area (Å²) < 4.78 is 5.30. The molecule has 1 amide bonds. The van der Waals surface area contributed by atoms with Crippen molar-refractivity contribution in [1.82, 2.24) is 5.32 Å². The van der Waals surface area contributed by atoms with Gasteiger partial charge in [0.25, 0.3) is 0 Å². The SMILES string of the molecule is CCCCCC1NC(=O)OC1CCCCC. The number of ether oxygens (including phenoxy) is 1. The minimum Gasteiger partial charge on any atom is -0.444 e. The van der Waals surface area contributed by atoms with Crippen LogP contribution in [0.4, 0.5) is 4.79 Å². The van der Waals surface area contributed by atoms with Gasteiger partial charge in [0.15, 0.2) is 0 Å². The van der Waals surface area contributed by atoms with Crippen molar-refractivity contribution < 1.29 is 9.53 Å². The van der Waals surface area contributed by atoms with Gasteiger partial charge in [0.2, 0.25) is 0 Å². The van der Waals surface area contributed by atoms with Crippen LogP contribution in [0.1, 0.15) is 65.2 Å². The van der Waals surface area contributed by atoms with Gasteiger partial charge in [0.1, 0.15) is 6.10 Å². The first-order valence-corrected chi connectivity index (χ1v) is 6.75. The Morgan fingerprint density at radius 1 is 1.06 bits per heavy atom. The summed E-state index contributed by atoms with van der Waals surface area (Å²) in [4.78, 5) is 11.2. The lowest BCUT2D eigenvalue weighted by atomic mass is 9.99. The fourth-order valence-electron chi connectivity index (χ4n) is 2.23. The van der Waals surface area contributed by atoms with Gasteiger partial charge in [-0.05, 0) is 19.3 Å². The molecule has 16 heavy (non-hydrogen) atoms. The molecule has 2 unspecified atom stereocenters. The summed E-state index contributed by atoms with van der Waals surface area (Å²) in [6.45, 7) is 4.39. The van der Waals surface area contributed by atoms with Gasteiger partial charge in [-0.25, -0.2) is 4.79 Å². The molecule has 1 N–H and O–H groups in total. The summed E-state index contributed by atoms with van der Waals surface area (Å²) in [6, 6.07) is 0.260. The molecule has 1 fully saturated rings. The first-order chi connectivity index (χ1) is 7.77. The van der Waals surface area contributed by atoms with Crippen molar-refractivity contribution in [3.05, 3.63) is 0 Å². The lowest BCUT2D eigenvalue weighted by Gasteiger charge is -2.16. The number of carbonyl (C=O) groups is 1. The predicted octanol–water partition coefficient (Wildman–Crippen LogP) is 3.62. The number of hydrogen-bond acceptors (Lipinski definition) is 2. The summed E-state index contributed by atoms with van der Waals surface area (Å²) in [6.07, 6.45) is 9.26. The smallest absolute Gasteiger partial charge is 0.407 e. The largest absolute Gasteiger partial charge is 0.444 e. The second-order valence-corrected chi connectivity index (χ2v) is 4.69. The number of unbranched alkanes of at least 4 members (excludes halogenated alkanes) is 4. The van der Waals surface area contributed by atoms with E-state index in [1.807, 2.05) is 0 Å². The molecule has 0 bridgehead atoms. The van der Waals surface area contributed by atoms with E-state index in [-0.39, 0.29) is 18.2 Å². The Labute approximate surface area is 98.9 Å². The van der Waals surface area contributed by atoms with Crippen LogP contribution in [0.3, 0.4) is 0 Å². The van der Waals surface area contributed by atoms with Gasteiger partial charge in [0, 0.05) is 0 Å². The minimum atomic E-state index is -0.219. The summed E-state index contributed by atoms with van der Waals surface area (Å²) in [5.74, 6) is 0. The van der Waals surface area contributed by atoms with Gasteiger partial charge in [-0.1, -0.05) is 46.0 Å². The van der Waals surface area contributed by atoms with Crippen LogP contribution in [-0.4, -0.2) is 18.2 Å². The molecule has 1 aliphatic rings. The molecule has 0 aromatic carbocycles.